The van der Waals surface area contributed by atoms with Crippen LogP contribution in [0.2, 0.25) is 0 Å². The van der Waals surface area contributed by atoms with Crippen LogP contribution in [0, 0.1) is 0 Å². The van der Waals surface area contributed by atoms with Gasteiger partial charge in [-0.05, 0) is 31.4 Å². The molecule has 3 rings (SSSR count). The van der Waals surface area contributed by atoms with Gasteiger partial charge in [-0.1, -0.05) is 36.8 Å². The second kappa shape index (κ2) is 7.55. The fourth-order valence-electron chi connectivity index (χ4n) is 3.28. The maximum Gasteiger partial charge on any atom is 0.224 e. The number of aromatic nitrogens is 2. The summed E-state index contributed by atoms with van der Waals surface area (Å²) in [6.07, 6.45) is 8.99. The van der Waals surface area contributed by atoms with Crippen molar-refractivity contribution >= 4 is 5.95 Å². The van der Waals surface area contributed by atoms with E-state index in [1.807, 2.05) is 31.4 Å². The van der Waals surface area contributed by atoms with Gasteiger partial charge in [-0.15, -0.1) is 0 Å². The monoisotopic (exact) mass is 310 g/mol. The Labute approximate surface area is 139 Å². The van der Waals surface area contributed by atoms with Crippen molar-refractivity contribution < 1.29 is 0 Å². The third kappa shape index (κ3) is 4.29. The van der Waals surface area contributed by atoms with Gasteiger partial charge in [-0.3, -0.25) is 4.90 Å². The van der Waals surface area contributed by atoms with Crippen LogP contribution in [0.15, 0.2) is 42.7 Å². The maximum atomic E-state index is 4.44. The quantitative estimate of drug-likeness (QED) is 0.849. The molecule has 4 nitrogen and oxygen atoms in total. The van der Waals surface area contributed by atoms with E-state index in [-0.39, 0.29) is 0 Å². The number of rotatable bonds is 5. The molecule has 2 aromatic rings. The highest BCUT2D eigenvalue weighted by molar-refractivity contribution is 5.26. The Bertz CT molecular complexity index is 595. The van der Waals surface area contributed by atoms with Crippen LogP contribution < -0.4 is 4.90 Å². The predicted octanol–water partition coefficient (Wildman–Crippen LogP) is 3.14. The molecule has 4 heteroatoms. The fourth-order valence-corrected chi connectivity index (χ4v) is 3.28. The van der Waals surface area contributed by atoms with Crippen LogP contribution in [-0.2, 0) is 13.0 Å². The normalized spacial score (nSPS) is 18.8. The summed E-state index contributed by atoms with van der Waals surface area (Å²) in [5, 5.41) is 0. The number of hydrogen-bond donors (Lipinski definition) is 0. The second-order valence-electron chi connectivity index (χ2n) is 6.60. The minimum atomic E-state index is 0.625. The zero-order chi connectivity index (χ0) is 16.1. The van der Waals surface area contributed by atoms with E-state index in [4.69, 9.17) is 0 Å². The average Bonchev–Trinajstić information content (AvgIpc) is 2.58. The molecule has 1 saturated heterocycles. The molecule has 1 aliphatic rings. The van der Waals surface area contributed by atoms with Gasteiger partial charge >= 0.3 is 0 Å². The summed E-state index contributed by atoms with van der Waals surface area (Å²) in [5.41, 5.74) is 2.64. The first-order chi connectivity index (χ1) is 11.2. The van der Waals surface area contributed by atoms with Crippen molar-refractivity contribution in [2.45, 2.75) is 38.3 Å². The zero-order valence-electron chi connectivity index (χ0n) is 14.2. The molecule has 0 radical (unpaired) electrons. The van der Waals surface area contributed by atoms with Crippen molar-refractivity contribution in [3.05, 3.63) is 53.9 Å². The molecule has 1 aromatic carbocycles. The number of likely N-dealkylation sites (tertiary alicyclic amines) is 1. The van der Waals surface area contributed by atoms with E-state index in [9.17, 15) is 0 Å². The standard InChI is InChI=1S/C19H26N4/c1-22(2)19-20-13-17(14-21-19)15-23-11-7-6-10-18(23)12-16-8-4-3-5-9-16/h3-5,8-9,13-14,18H,6-7,10-12,15H2,1-2H3. The SMILES string of the molecule is CN(C)c1ncc(CN2CCCCC2Cc2ccccc2)cn1. The summed E-state index contributed by atoms with van der Waals surface area (Å²) in [6.45, 7) is 2.12. The minimum Gasteiger partial charge on any atom is -0.347 e. The van der Waals surface area contributed by atoms with E-state index >= 15 is 0 Å². The first kappa shape index (κ1) is 15.9. The Morgan fingerprint density at radius 1 is 1.04 bits per heavy atom. The second-order valence-corrected chi connectivity index (χ2v) is 6.60. The van der Waals surface area contributed by atoms with Crippen LogP contribution in [0.1, 0.15) is 30.4 Å². The van der Waals surface area contributed by atoms with Gasteiger partial charge in [-0.25, -0.2) is 9.97 Å². The largest absolute Gasteiger partial charge is 0.347 e. The lowest BCUT2D eigenvalue weighted by Crippen LogP contribution is -2.40. The first-order valence-corrected chi connectivity index (χ1v) is 8.48. The average molecular weight is 310 g/mol. The van der Waals surface area contributed by atoms with Crippen molar-refractivity contribution in [1.82, 2.24) is 14.9 Å². The molecular formula is C19H26N4. The molecule has 1 atom stereocenters. The Morgan fingerprint density at radius 3 is 2.48 bits per heavy atom. The van der Waals surface area contributed by atoms with E-state index in [1.54, 1.807) is 0 Å². The molecule has 0 saturated carbocycles. The van der Waals surface area contributed by atoms with Gasteiger partial charge < -0.3 is 4.90 Å². The minimum absolute atomic E-state index is 0.625. The van der Waals surface area contributed by atoms with Gasteiger partial charge in [0.25, 0.3) is 0 Å². The molecule has 1 aliphatic heterocycles. The van der Waals surface area contributed by atoms with Gasteiger partial charge in [0.05, 0.1) is 0 Å². The van der Waals surface area contributed by atoms with Crippen molar-refractivity contribution in [2.24, 2.45) is 0 Å². The molecule has 0 N–H and O–H groups in total. The Kier molecular flexibility index (Phi) is 5.23. The highest BCUT2D eigenvalue weighted by atomic mass is 15.2. The van der Waals surface area contributed by atoms with E-state index in [0.29, 0.717) is 6.04 Å². The van der Waals surface area contributed by atoms with E-state index < -0.39 is 0 Å². The van der Waals surface area contributed by atoms with Crippen molar-refractivity contribution in [2.75, 3.05) is 25.5 Å². The van der Waals surface area contributed by atoms with Gasteiger partial charge in [0.1, 0.15) is 0 Å². The maximum absolute atomic E-state index is 4.44. The van der Waals surface area contributed by atoms with Crippen LogP contribution >= 0.6 is 0 Å². The Hall–Kier alpha value is -1.94. The molecular weight excluding hydrogens is 284 g/mol. The molecule has 2 heterocycles. The molecule has 0 spiro atoms. The van der Waals surface area contributed by atoms with Gasteiger partial charge in [0.15, 0.2) is 0 Å². The molecule has 23 heavy (non-hydrogen) atoms. The third-order valence-electron chi connectivity index (χ3n) is 4.54. The third-order valence-corrected chi connectivity index (χ3v) is 4.54. The number of hydrogen-bond acceptors (Lipinski definition) is 4. The number of nitrogens with zero attached hydrogens (tertiary/aromatic N) is 4. The summed E-state index contributed by atoms with van der Waals surface area (Å²) in [5.74, 6) is 0.772. The first-order valence-electron chi connectivity index (χ1n) is 8.48. The summed E-state index contributed by atoms with van der Waals surface area (Å²) in [6, 6.07) is 11.5. The lowest BCUT2D eigenvalue weighted by Gasteiger charge is -2.35. The zero-order valence-corrected chi connectivity index (χ0v) is 14.2. The Balaban J connectivity index is 1.66. The van der Waals surface area contributed by atoms with Crippen LogP contribution in [0.25, 0.3) is 0 Å². The fraction of sp³-hybridized carbons (Fsp3) is 0.474. The van der Waals surface area contributed by atoms with E-state index in [1.165, 1.54) is 36.9 Å². The smallest absolute Gasteiger partial charge is 0.224 e. The summed E-state index contributed by atoms with van der Waals surface area (Å²) in [4.78, 5) is 13.4. The number of piperidine rings is 1. The summed E-state index contributed by atoms with van der Waals surface area (Å²) >= 11 is 0. The highest BCUT2D eigenvalue weighted by Gasteiger charge is 2.22. The summed E-state index contributed by atoms with van der Waals surface area (Å²) in [7, 11) is 3.94. The lowest BCUT2D eigenvalue weighted by molar-refractivity contribution is 0.139. The molecule has 0 aliphatic carbocycles. The molecule has 1 fully saturated rings. The van der Waals surface area contributed by atoms with Gasteiger partial charge in [0, 0.05) is 44.6 Å². The molecule has 1 unspecified atom stereocenters. The molecule has 1 aromatic heterocycles. The van der Waals surface area contributed by atoms with Crippen LogP contribution in [0.5, 0.6) is 0 Å². The highest BCUT2D eigenvalue weighted by Crippen LogP contribution is 2.22. The lowest BCUT2D eigenvalue weighted by atomic mass is 9.95. The van der Waals surface area contributed by atoms with Crippen molar-refractivity contribution in [3.8, 4) is 0 Å². The van der Waals surface area contributed by atoms with Crippen LogP contribution in [-0.4, -0.2) is 41.5 Å². The van der Waals surface area contributed by atoms with Crippen molar-refractivity contribution in [1.29, 1.82) is 0 Å². The van der Waals surface area contributed by atoms with Crippen molar-refractivity contribution in [3.63, 3.8) is 0 Å². The summed E-state index contributed by atoms with van der Waals surface area (Å²) < 4.78 is 0. The van der Waals surface area contributed by atoms with E-state index in [2.05, 4.69) is 45.2 Å². The van der Waals surface area contributed by atoms with Crippen LogP contribution in [0.3, 0.4) is 0 Å². The molecule has 122 valence electrons. The molecule has 0 bridgehead atoms. The van der Waals surface area contributed by atoms with Crippen LogP contribution in [0.4, 0.5) is 5.95 Å². The number of benzene rings is 1. The number of anilines is 1. The topological polar surface area (TPSA) is 32.3 Å². The Morgan fingerprint density at radius 2 is 1.78 bits per heavy atom. The van der Waals surface area contributed by atoms with Gasteiger partial charge in [-0.2, -0.15) is 0 Å². The van der Waals surface area contributed by atoms with Gasteiger partial charge in [0.2, 0.25) is 5.95 Å². The predicted molar refractivity (Wildman–Crippen MR) is 94.6 cm³/mol. The molecule has 0 amide bonds. The van der Waals surface area contributed by atoms with E-state index in [0.717, 1.165) is 18.9 Å².